The predicted octanol–water partition coefficient (Wildman–Crippen LogP) is 2.86. The van der Waals surface area contributed by atoms with E-state index in [1.54, 1.807) is 48.8 Å². The fourth-order valence-electron chi connectivity index (χ4n) is 3.02. The third kappa shape index (κ3) is 5.11. The number of ether oxygens (including phenoxy) is 3. The molecule has 0 aliphatic carbocycles. The number of nitrogens with zero attached hydrogens (tertiary/aromatic N) is 2. The Balaban J connectivity index is 1.76. The van der Waals surface area contributed by atoms with Gasteiger partial charge in [-0.1, -0.05) is 17.9 Å². The molecule has 2 heterocycles. The van der Waals surface area contributed by atoms with Gasteiger partial charge in [0.1, 0.15) is 0 Å². The van der Waals surface area contributed by atoms with Crippen LogP contribution in [0.4, 0.5) is 0 Å². The summed E-state index contributed by atoms with van der Waals surface area (Å²) in [7, 11) is 4.55. The average molecular weight is 418 g/mol. The molecule has 0 fully saturated rings. The second-order valence-electron chi connectivity index (χ2n) is 6.49. The second kappa shape index (κ2) is 10.1. The molecule has 7 heteroatoms. The van der Waals surface area contributed by atoms with E-state index < -0.39 is 11.8 Å². The van der Waals surface area contributed by atoms with Crippen molar-refractivity contribution in [3.8, 4) is 29.1 Å². The fourth-order valence-corrected chi connectivity index (χ4v) is 3.02. The largest absolute Gasteiger partial charge is 0.493 e. The summed E-state index contributed by atoms with van der Waals surface area (Å²) >= 11 is 0. The minimum Gasteiger partial charge on any atom is -0.493 e. The molecule has 0 spiro atoms. The Morgan fingerprint density at radius 1 is 1.13 bits per heavy atom. The van der Waals surface area contributed by atoms with Gasteiger partial charge in [-0.3, -0.25) is 19.5 Å². The Bertz CT molecular complexity index is 1070. The number of methoxy groups -OCH3 is 3. The molecule has 0 saturated heterocycles. The third-order valence-electron chi connectivity index (χ3n) is 4.55. The maximum Gasteiger partial charge on any atom is 0.268 e. The maximum absolute atomic E-state index is 12.7. The number of imide groups is 1. The maximum atomic E-state index is 12.7. The van der Waals surface area contributed by atoms with Gasteiger partial charge in [0.05, 0.1) is 26.9 Å². The minimum absolute atomic E-state index is 0.296. The van der Waals surface area contributed by atoms with Crippen molar-refractivity contribution >= 4 is 17.9 Å². The number of carbonyl (C=O) groups is 2. The highest BCUT2D eigenvalue weighted by Gasteiger charge is 2.25. The number of hydrogen-bond acceptors (Lipinski definition) is 6. The van der Waals surface area contributed by atoms with Gasteiger partial charge in [0.15, 0.2) is 11.5 Å². The van der Waals surface area contributed by atoms with Crippen molar-refractivity contribution in [2.75, 3.05) is 27.9 Å². The average Bonchev–Trinajstić information content (AvgIpc) is 2.81. The van der Waals surface area contributed by atoms with Crippen LogP contribution in [0, 0.1) is 11.8 Å². The van der Waals surface area contributed by atoms with Crippen molar-refractivity contribution in [3.05, 3.63) is 65.5 Å². The topological polar surface area (TPSA) is 78.0 Å². The molecule has 0 unspecified atom stereocenters. The normalized spacial score (nSPS) is 13.3. The molecule has 1 aromatic carbocycles. The van der Waals surface area contributed by atoms with Gasteiger partial charge in [0, 0.05) is 30.6 Å². The van der Waals surface area contributed by atoms with Crippen molar-refractivity contribution in [3.63, 3.8) is 0 Å². The van der Waals surface area contributed by atoms with Crippen LogP contribution in [0.2, 0.25) is 0 Å². The Kier molecular flexibility index (Phi) is 7.07. The molecule has 2 amide bonds. The number of rotatable bonds is 5. The van der Waals surface area contributed by atoms with Crippen molar-refractivity contribution in [1.82, 2.24) is 9.88 Å². The Morgan fingerprint density at radius 2 is 1.87 bits per heavy atom. The van der Waals surface area contributed by atoms with E-state index in [4.69, 9.17) is 14.2 Å². The van der Waals surface area contributed by atoms with E-state index in [-0.39, 0.29) is 0 Å². The van der Waals surface area contributed by atoms with Crippen LogP contribution >= 0.6 is 0 Å². The monoisotopic (exact) mass is 418 g/mol. The van der Waals surface area contributed by atoms with Crippen LogP contribution in [-0.4, -0.2) is 49.6 Å². The van der Waals surface area contributed by atoms with E-state index in [1.807, 2.05) is 0 Å². The molecule has 0 atom stereocenters. The molecule has 0 N–H and O–H groups in total. The van der Waals surface area contributed by atoms with Crippen molar-refractivity contribution in [2.24, 2.45) is 0 Å². The van der Waals surface area contributed by atoms with E-state index >= 15 is 0 Å². The van der Waals surface area contributed by atoms with Crippen LogP contribution in [0.15, 0.2) is 54.4 Å². The molecule has 0 saturated carbocycles. The van der Waals surface area contributed by atoms with Crippen LogP contribution in [0.25, 0.3) is 6.08 Å². The van der Waals surface area contributed by atoms with Crippen LogP contribution in [-0.2, 0) is 9.59 Å². The molecule has 158 valence electrons. The van der Waals surface area contributed by atoms with E-state index in [0.717, 1.165) is 0 Å². The van der Waals surface area contributed by atoms with Gasteiger partial charge < -0.3 is 14.2 Å². The second-order valence-corrected chi connectivity index (χ2v) is 6.49. The number of pyridine rings is 1. The standard InChI is InChI=1S/C24H22N2O5/c1-29-20-14-18(15-21(30-2)23(20)31-3)9-11-22(27)26-13-5-7-19(24(26)28)10-8-17-6-4-12-25-16-17/h4,6-7,9,11-12,14-16H,5,13H2,1-3H3. The van der Waals surface area contributed by atoms with Gasteiger partial charge in [-0.25, -0.2) is 0 Å². The highest BCUT2D eigenvalue weighted by molar-refractivity contribution is 6.11. The number of aromatic nitrogens is 1. The van der Waals surface area contributed by atoms with E-state index in [1.165, 1.54) is 32.3 Å². The molecule has 0 radical (unpaired) electrons. The van der Waals surface area contributed by atoms with E-state index in [9.17, 15) is 9.59 Å². The van der Waals surface area contributed by atoms with Gasteiger partial charge in [-0.2, -0.15) is 0 Å². The van der Waals surface area contributed by atoms with Crippen LogP contribution in [0.3, 0.4) is 0 Å². The SMILES string of the molecule is COc1cc(C=CC(=O)N2CCC=C(C#Cc3cccnc3)C2=O)cc(OC)c1OC. The first-order valence-corrected chi connectivity index (χ1v) is 9.53. The highest BCUT2D eigenvalue weighted by atomic mass is 16.5. The number of hydrogen-bond donors (Lipinski definition) is 0. The molecular weight excluding hydrogens is 396 g/mol. The Hall–Kier alpha value is -4.05. The van der Waals surface area contributed by atoms with Gasteiger partial charge in [0.2, 0.25) is 5.75 Å². The summed E-state index contributed by atoms with van der Waals surface area (Å²) < 4.78 is 15.9. The molecule has 31 heavy (non-hydrogen) atoms. The highest BCUT2D eigenvalue weighted by Crippen LogP contribution is 2.38. The lowest BCUT2D eigenvalue weighted by molar-refractivity contribution is -0.139. The Morgan fingerprint density at radius 3 is 2.48 bits per heavy atom. The molecule has 3 rings (SSSR count). The summed E-state index contributed by atoms with van der Waals surface area (Å²) in [5.41, 5.74) is 1.66. The summed E-state index contributed by atoms with van der Waals surface area (Å²) in [5.74, 6) is 6.31. The van der Waals surface area contributed by atoms with Gasteiger partial charge in [-0.15, -0.1) is 0 Å². The van der Waals surface area contributed by atoms with Crippen LogP contribution in [0.1, 0.15) is 17.5 Å². The smallest absolute Gasteiger partial charge is 0.268 e. The van der Waals surface area contributed by atoms with Crippen LogP contribution < -0.4 is 14.2 Å². The first-order chi connectivity index (χ1) is 15.1. The molecule has 1 aliphatic heterocycles. The minimum atomic E-state index is -0.424. The number of carbonyl (C=O) groups excluding carboxylic acids is 2. The van der Waals surface area contributed by atoms with Crippen molar-refractivity contribution in [2.45, 2.75) is 6.42 Å². The molecule has 2 aromatic rings. The zero-order chi connectivity index (χ0) is 22.2. The van der Waals surface area contributed by atoms with E-state index in [0.29, 0.717) is 46.9 Å². The van der Waals surface area contributed by atoms with Gasteiger partial charge in [-0.05, 0) is 42.3 Å². The molecule has 0 bridgehead atoms. The summed E-state index contributed by atoms with van der Waals surface area (Å²) in [6.07, 6.45) is 8.50. The van der Waals surface area contributed by atoms with Gasteiger partial charge >= 0.3 is 0 Å². The van der Waals surface area contributed by atoms with Crippen molar-refractivity contribution in [1.29, 1.82) is 0 Å². The fraction of sp³-hybridized carbons (Fsp3) is 0.208. The first-order valence-electron chi connectivity index (χ1n) is 9.53. The molecule has 1 aliphatic rings. The summed E-state index contributed by atoms with van der Waals surface area (Å²) in [6, 6.07) is 7.00. The number of benzene rings is 1. The third-order valence-corrected chi connectivity index (χ3v) is 4.55. The Labute approximate surface area is 180 Å². The predicted molar refractivity (Wildman–Crippen MR) is 116 cm³/mol. The molecule has 7 nitrogen and oxygen atoms in total. The molecule has 1 aromatic heterocycles. The summed E-state index contributed by atoms with van der Waals surface area (Å²) in [4.78, 5) is 30.6. The molecular formula is C24H22N2O5. The van der Waals surface area contributed by atoms with Crippen molar-refractivity contribution < 1.29 is 23.8 Å². The zero-order valence-corrected chi connectivity index (χ0v) is 17.5. The van der Waals surface area contributed by atoms with Gasteiger partial charge in [0.25, 0.3) is 11.8 Å². The lowest BCUT2D eigenvalue weighted by Gasteiger charge is -2.22. The first kappa shape index (κ1) is 21.7. The quantitative estimate of drug-likeness (QED) is 0.549. The van der Waals surface area contributed by atoms with E-state index in [2.05, 4.69) is 16.8 Å². The van der Waals surface area contributed by atoms with Crippen LogP contribution in [0.5, 0.6) is 17.2 Å². The lowest BCUT2D eigenvalue weighted by atomic mass is 10.1. The lowest BCUT2D eigenvalue weighted by Crippen LogP contribution is -2.39. The number of amides is 2. The summed E-state index contributed by atoms with van der Waals surface area (Å²) in [5, 5.41) is 0. The summed E-state index contributed by atoms with van der Waals surface area (Å²) in [6.45, 7) is 0.301. The zero-order valence-electron chi connectivity index (χ0n) is 17.5.